The van der Waals surface area contributed by atoms with Gasteiger partial charge in [-0.25, -0.2) is 9.78 Å². The van der Waals surface area contributed by atoms with E-state index in [1.165, 1.54) is 40.5 Å². The number of amides is 1. The molecule has 3 aromatic rings. The first-order valence-electron chi connectivity index (χ1n) is 14.1. The van der Waals surface area contributed by atoms with Crippen LogP contribution in [0.4, 0.5) is 5.69 Å². The molecule has 2 aliphatic heterocycles. The first kappa shape index (κ1) is 31.4. The van der Waals surface area contributed by atoms with Gasteiger partial charge in [0.25, 0.3) is 5.69 Å². The molecule has 3 atom stereocenters. The molecule has 5 rings (SSSR count). The third kappa shape index (κ3) is 6.03. The van der Waals surface area contributed by atoms with Gasteiger partial charge in [-0.15, -0.1) is 23.1 Å². The minimum atomic E-state index is -1.84. The Balaban J connectivity index is 1.36. The zero-order chi connectivity index (χ0) is 31.3. The number of benzene rings is 1. The van der Waals surface area contributed by atoms with Crippen LogP contribution in [0.5, 0.6) is 0 Å². The summed E-state index contributed by atoms with van der Waals surface area (Å²) in [7, 11) is -1.84. The number of aliphatic hydroxyl groups is 1. The highest BCUT2D eigenvalue weighted by molar-refractivity contribution is 7.99. The molecule has 1 fully saturated rings. The number of fused-ring (bicyclic) bond motifs is 2. The Labute approximate surface area is 259 Å². The van der Waals surface area contributed by atoms with E-state index in [4.69, 9.17) is 9.16 Å². The van der Waals surface area contributed by atoms with Gasteiger partial charge in [-0.2, -0.15) is 0 Å². The molecule has 0 aliphatic carbocycles. The van der Waals surface area contributed by atoms with Crippen LogP contribution in [0, 0.1) is 16.0 Å². The molecule has 1 saturated heterocycles. The van der Waals surface area contributed by atoms with Gasteiger partial charge in [-0.3, -0.25) is 19.3 Å². The van der Waals surface area contributed by atoms with Gasteiger partial charge in [0.15, 0.2) is 8.32 Å². The highest BCUT2D eigenvalue weighted by atomic mass is 32.2. The van der Waals surface area contributed by atoms with Crippen LogP contribution in [0.25, 0.3) is 10.4 Å². The standard InChI is InChI=1S/C29H36N4O7S2Si/c1-17(34)23-21-13-20(24(32(21)26(23)35)28(36)39-15-18-7-9-19(10-8-18)33(37)38)22-14-31-16-30-25(27(31)42-22)41-12-11-40-43(5,6)29(2,3)4/h7-10,14,16-17,21,23,34H,11-13,15H2,1-6H3/t17-,21-,23-/m1/s1. The predicted octanol–water partition coefficient (Wildman–Crippen LogP) is 5.48. The molecule has 43 heavy (non-hydrogen) atoms. The number of carbonyl (C=O) groups excluding carboxylic acids is 2. The average Bonchev–Trinajstić information content (AvgIpc) is 3.60. The van der Waals surface area contributed by atoms with Gasteiger partial charge in [0, 0.05) is 36.3 Å². The zero-order valence-electron chi connectivity index (χ0n) is 25.0. The minimum Gasteiger partial charge on any atom is -0.456 e. The molecule has 0 spiro atoms. The number of thiazole rings is 1. The summed E-state index contributed by atoms with van der Waals surface area (Å²) in [6.07, 6.45) is 3.23. The maximum atomic E-state index is 13.5. The molecule has 0 unspecified atom stereocenters. The number of aromatic nitrogens is 2. The van der Waals surface area contributed by atoms with E-state index in [2.05, 4.69) is 38.8 Å². The van der Waals surface area contributed by atoms with Crippen molar-refractivity contribution in [3.63, 3.8) is 0 Å². The van der Waals surface area contributed by atoms with E-state index in [9.17, 15) is 24.8 Å². The summed E-state index contributed by atoms with van der Waals surface area (Å²) in [4.78, 5) is 44.7. The summed E-state index contributed by atoms with van der Waals surface area (Å²) >= 11 is 3.12. The average molecular weight is 645 g/mol. The number of nitro groups is 1. The first-order valence-corrected chi connectivity index (χ1v) is 18.8. The Morgan fingerprint density at radius 1 is 1.30 bits per heavy atom. The van der Waals surface area contributed by atoms with Crippen molar-refractivity contribution in [3.05, 3.63) is 63.0 Å². The summed E-state index contributed by atoms with van der Waals surface area (Å²) in [5.41, 5.74) is 1.41. The van der Waals surface area contributed by atoms with Crippen molar-refractivity contribution in [3.8, 4) is 0 Å². The van der Waals surface area contributed by atoms with Gasteiger partial charge in [0.2, 0.25) is 5.91 Å². The predicted molar refractivity (Wildman–Crippen MR) is 167 cm³/mol. The fourth-order valence-electron chi connectivity index (χ4n) is 5.08. The molecule has 14 heteroatoms. The molecule has 230 valence electrons. The number of nitrogens with zero attached hydrogens (tertiary/aromatic N) is 4. The lowest BCUT2D eigenvalue weighted by Crippen LogP contribution is -2.61. The SMILES string of the molecule is C[C@@H](O)[C@H]1C(=O)N2C(C(=O)OCc3ccc([N+](=O)[O-])cc3)=C(c3cn4cnc(SCCO[Si](C)(C)C(C)(C)C)c4s3)C[C@H]12. The molecule has 0 saturated carbocycles. The maximum absolute atomic E-state index is 13.5. The number of aliphatic hydroxyl groups excluding tert-OH is 1. The van der Waals surface area contributed by atoms with Crippen LogP contribution in [0.3, 0.4) is 0 Å². The summed E-state index contributed by atoms with van der Waals surface area (Å²) in [5, 5.41) is 22.2. The summed E-state index contributed by atoms with van der Waals surface area (Å²) in [6.45, 7) is 13.2. The number of thioether (sulfide) groups is 1. The second-order valence-electron chi connectivity index (χ2n) is 12.4. The van der Waals surface area contributed by atoms with Gasteiger partial charge in [0.05, 0.1) is 27.9 Å². The molecule has 1 amide bonds. The third-order valence-electron chi connectivity index (χ3n) is 8.51. The summed E-state index contributed by atoms with van der Waals surface area (Å²) in [6, 6.07) is 5.43. The lowest BCUT2D eigenvalue weighted by Gasteiger charge is -2.44. The van der Waals surface area contributed by atoms with Crippen LogP contribution in [0.1, 0.15) is 44.6 Å². The smallest absolute Gasteiger partial charge is 0.355 e. The Kier molecular flexibility index (Phi) is 8.61. The van der Waals surface area contributed by atoms with Gasteiger partial charge >= 0.3 is 5.97 Å². The van der Waals surface area contributed by atoms with Crippen molar-refractivity contribution in [2.45, 2.75) is 76.0 Å². The second-order valence-corrected chi connectivity index (χ2v) is 19.3. The number of hydrogen-bond donors (Lipinski definition) is 1. The molecule has 0 radical (unpaired) electrons. The first-order chi connectivity index (χ1) is 20.2. The lowest BCUT2D eigenvalue weighted by molar-refractivity contribution is -0.384. The van der Waals surface area contributed by atoms with Crippen molar-refractivity contribution in [2.75, 3.05) is 12.4 Å². The lowest BCUT2D eigenvalue weighted by atomic mass is 9.83. The number of non-ortho nitro benzene ring substituents is 1. The van der Waals surface area contributed by atoms with Gasteiger partial charge < -0.3 is 19.2 Å². The topological polar surface area (TPSA) is 137 Å². The van der Waals surface area contributed by atoms with Crippen LogP contribution in [0.2, 0.25) is 18.1 Å². The van der Waals surface area contributed by atoms with Crippen LogP contribution >= 0.6 is 23.1 Å². The highest BCUT2D eigenvalue weighted by Crippen LogP contribution is 2.49. The van der Waals surface area contributed by atoms with Crippen LogP contribution in [-0.2, 0) is 25.4 Å². The number of esters is 1. The van der Waals surface area contributed by atoms with E-state index in [1.54, 1.807) is 25.0 Å². The van der Waals surface area contributed by atoms with Crippen LogP contribution in [-0.4, -0.2) is 69.0 Å². The molecule has 1 N–H and O–H groups in total. The minimum absolute atomic E-state index is 0.0571. The zero-order valence-corrected chi connectivity index (χ0v) is 27.7. The number of imidazole rings is 1. The summed E-state index contributed by atoms with van der Waals surface area (Å²) < 4.78 is 13.8. The Morgan fingerprint density at radius 3 is 2.63 bits per heavy atom. The van der Waals surface area contributed by atoms with Crippen molar-refractivity contribution in [1.29, 1.82) is 0 Å². The quantitative estimate of drug-likeness (QED) is 0.0547. The second kappa shape index (κ2) is 11.8. The van der Waals surface area contributed by atoms with E-state index in [0.717, 1.165) is 20.5 Å². The number of β-lactam (4-membered cyclic amide) rings is 1. The van der Waals surface area contributed by atoms with Crippen molar-refractivity contribution >= 4 is 59.4 Å². The largest absolute Gasteiger partial charge is 0.456 e. The van der Waals surface area contributed by atoms with E-state index in [0.29, 0.717) is 24.2 Å². The van der Waals surface area contributed by atoms with Crippen LogP contribution < -0.4 is 0 Å². The number of hydrogen-bond acceptors (Lipinski definition) is 10. The van der Waals surface area contributed by atoms with Crippen molar-refractivity contribution < 1.29 is 28.8 Å². The Hall–Kier alpha value is -3.04. The monoisotopic (exact) mass is 644 g/mol. The highest BCUT2D eigenvalue weighted by Gasteiger charge is 2.57. The molecule has 11 nitrogen and oxygen atoms in total. The number of nitro benzene ring substituents is 1. The van der Waals surface area contributed by atoms with E-state index in [-0.39, 0.29) is 35.0 Å². The van der Waals surface area contributed by atoms with E-state index >= 15 is 0 Å². The van der Waals surface area contributed by atoms with Crippen molar-refractivity contribution in [2.24, 2.45) is 5.92 Å². The maximum Gasteiger partial charge on any atom is 0.355 e. The molecule has 2 aliphatic rings. The van der Waals surface area contributed by atoms with E-state index < -0.39 is 31.2 Å². The molecule has 1 aromatic carbocycles. The molecule has 0 bridgehead atoms. The fraction of sp³-hybridized carbons (Fsp3) is 0.483. The summed E-state index contributed by atoms with van der Waals surface area (Å²) in [5.74, 6) is -0.785. The Bertz CT molecular complexity index is 1590. The third-order valence-corrected chi connectivity index (χ3v) is 15.3. The molecule has 4 heterocycles. The van der Waals surface area contributed by atoms with E-state index in [1.807, 2.05) is 10.6 Å². The normalized spacial score (nSPS) is 19.5. The van der Waals surface area contributed by atoms with Gasteiger partial charge in [-0.05, 0) is 49.2 Å². The number of ether oxygens (including phenoxy) is 1. The van der Waals surface area contributed by atoms with Crippen LogP contribution in [0.15, 0.2) is 47.5 Å². The Morgan fingerprint density at radius 2 is 2.00 bits per heavy atom. The fourth-order valence-corrected chi connectivity index (χ4v) is 8.31. The molecular weight excluding hydrogens is 609 g/mol. The number of carbonyl (C=O) groups is 2. The van der Waals surface area contributed by atoms with Crippen molar-refractivity contribution in [1.82, 2.24) is 14.3 Å². The molecule has 2 aromatic heterocycles. The van der Waals surface area contributed by atoms with Gasteiger partial charge in [0.1, 0.15) is 28.5 Å². The molecular formula is C29H36N4O7S2Si. The van der Waals surface area contributed by atoms with Gasteiger partial charge in [-0.1, -0.05) is 20.8 Å². The number of rotatable bonds is 11.